The van der Waals surface area contributed by atoms with Crippen molar-refractivity contribution in [3.63, 3.8) is 0 Å². The van der Waals surface area contributed by atoms with Gasteiger partial charge in [-0.15, -0.1) is 0 Å². The van der Waals surface area contributed by atoms with E-state index >= 15 is 0 Å². The zero-order chi connectivity index (χ0) is 20.7. The van der Waals surface area contributed by atoms with Gasteiger partial charge in [0.05, 0.1) is 10.0 Å². The Labute approximate surface area is 166 Å². The first kappa shape index (κ1) is 20.4. The third kappa shape index (κ3) is 3.41. The van der Waals surface area contributed by atoms with Crippen molar-refractivity contribution in [1.82, 2.24) is 5.16 Å². The molecule has 0 N–H and O–H groups in total. The Kier molecular flexibility index (Phi) is 5.26. The smallest absolute Gasteiger partial charge is 0.354 e. The molecule has 3 rings (SSSR count). The molecule has 0 fully saturated rings. The highest BCUT2D eigenvalue weighted by molar-refractivity contribution is 7.92. The van der Waals surface area contributed by atoms with Crippen LogP contribution in [-0.2, 0) is 9.84 Å². The molecule has 2 aromatic carbocycles. The number of halogens is 5. The zero-order valence-electron chi connectivity index (χ0n) is 13.5. The Morgan fingerprint density at radius 3 is 2.11 bits per heavy atom. The Morgan fingerprint density at radius 1 is 0.964 bits per heavy atom. The van der Waals surface area contributed by atoms with Crippen molar-refractivity contribution in [3.8, 4) is 11.3 Å². The minimum atomic E-state index is -6.00. The van der Waals surface area contributed by atoms with Crippen LogP contribution < -0.4 is 0 Å². The molecule has 0 radical (unpaired) electrons. The molecule has 0 aliphatic rings. The van der Waals surface area contributed by atoms with Crippen LogP contribution in [0, 0.1) is 0 Å². The van der Waals surface area contributed by atoms with Crippen molar-refractivity contribution in [2.45, 2.75) is 10.4 Å². The largest absolute Gasteiger partial charge is 0.502 e. The monoisotopic (exact) mass is 449 g/mol. The topological polar surface area (TPSA) is 77.2 Å². The number of hydrogen-bond acceptors (Lipinski definition) is 5. The van der Waals surface area contributed by atoms with Crippen LogP contribution in [0.2, 0.25) is 10.0 Å². The van der Waals surface area contributed by atoms with E-state index in [2.05, 4.69) is 5.16 Å². The van der Waals surface area contributed by atoms with Crippen LogP contribution in [0.4, 0.5) is 13.2 Å². The fourth-order valence-electron chi connectivity index (χ4n) is 2.38. The number of benzene rings is 2. The van der Waals surface area contributed by atoms with Crippen LogP contribution in [0.25, 0.3) is 11.3 Å². The van der Waals surface area contributed by atoms with E-state index in [0.717, 1.165) is 0 Å². The molecule has 0 bridgehead atoms. The van der Waals surface area contributed by atoms with Gasteiger partial charge in [-0.3, -0.25) is 4.79 Å². The lowest BCUT2D eigenvalue weighted by Gasteiger charge is -2.10. The standard InChI is InChI=1S/C17H8Cl2F3NO4S/c18-11-7-3-1-5-9(11)14(24)13-16(28(25,26)17(20,21)22)15(27-23-13)10-6-2-4-8-12(10)19/h1-8H. The number of sulfone groups is 1. The molecule has 3 aromatic rings. The van der Waals surface area contributed by atoms with Gasteiger partial charge in [0.2, 0.25) is 5.78 Å². The minimum absolute atomic E-state index is 0.0889. The van der Waals surface area contributed by atoms with E-state index in [1.54, 1.807) is 0 Å². The van der Waals surface area contributed by atoms with Gasteiger partial charge < -0.3 is 4.52 Å². The number of carbonyl (C=O) groups is 1. The number of nitrogens with zero attached hydrogens (tertiary/aromatic N) is 1. The fourth-order valence-corrected chi connectivity index (χ4v) is 3.83. The van der Waals surface area contributed by atoms with Gasteiger partial charge >= 0.3 is 5.51 Å². The van der Waals surface area contributed by atoms with Crippen LogP contribution in [0.5, 0.6) is 0 Å². The Morgan fingerprint density at radius 2 is 1.54 bits per heavy atom. The zero-order valence-corrected chi connectivity index (χ0v) is 15.8. The highest BCUT2D eigenvalue weighted by Gasteiger charge is 2.52. The van der Waals surface area contributed by atoms with Crippen LogP contribution in [0.3, 0.4) is 0 Å². The first-order valence-corrected chi connectivity index (χ1v) is 9.64. The number of ketones is 1. The molecule has 0 aliphatic heterocycles. The number of hydrogen-bond donors (Lipinski definition) is 0. The summed E-state index contributed by atoms with van der Waals surface area (Å²) in [7, 11) is -6.00. The summed E-state index contributed by atoms with van der Waals surface area (Å²) in [4.78, 5) is 11.3. The van der Waals surface area contributed by atoms with Crippen molar-refractivity contribution in [2.75, 3.05) is 0 Å². The summed E-state index contributed by atoms with van der Waals surface area (Å²) in [5, 5.41) is 3.13. The van der Waals surface area contributed by atoms with Gasteiger partial charge in [0.1, 0.15) is 0 Å². The van der Waals surface area contributed by atoms with E-state index in [4.69, 9.17) is 27.7 Å². The van der Waals surface area contributed by atoms with Crippen molar-refractivity contribution in [3.05, 3.63) is 69.8 Å². The lowest BCUT2D eigenvalue weighted by atomic mass is 10.1. The summed E-state index contributed by atoms with van der Waals surface area (Å²) in [5.41, 5.74) is -7.15. The molecule has 0 saturated carbocycles. The molecular weight excluding hydrogens is 442 g/mol. The van der Waals surface area contributed by atoms with Gasteiger partial charge in [-0.05, 0) is 24.3 Å². The third-order valence-electron chi connectivity index (χ3n) is 3.68. The molecule has 0 saturated heterocycles. The van der Waals surface area contributed by atoms with Crippen LogP contribution in [-0.4, -0.2) is 24.9 Å². The predicted molar refractivity (Wildman–Crippen MR) is 95.1 cm³/mol. The average molecular weight is 450 g/mol. The van der Waals surface area contributed by atoms with E-state index in [1.165, 1.54) is 48.5 Å². The van der Waals surface area contributed by atoms with Crippen molar-refractivity contribution in [1.29, 1.82) is 0 Å². The number of rotatable bonds is 4. The maximum absolute atomic E-state index is 13.3. The van der Waals surface area contributed by atoms with E-state index in [-0.39, 0.29) is 21.2 Å². The van der Waals surface area contributed by atoms with Crippen molar-refractivity contribution in [2.24, 2.45) is 0 Å². The van der Waals surface area contributed by atoms with Gasteiger partial charge in [-0.1, -0.05) is 52.6 Å². The number of carbonyl (C=O) groups excluding carboxylic acids is 1. The lowest BCUT2D eigenvalue weighted by molar-refractivity contribution is -0.0436. The van der Waals surface area contributed by atoms with Gasteiger partial charge in [0, 0.05) is 11.1 Å². The van der Waals surface area contributed by atoms with Crippen LogP contribution in [0.1, 0.15) is 16.1 Å². The summed E-state index contributed by atoms with van der Waals surface area (Å²) in [6.45, 7) is 0. The van der Waals surface area contributed by atoms with Gasteiger partial charge in [-0.25, -0.2) is 8.42 Å². The normalized spacial score (nSPS) is 12.2. The Bertz CT molecular complexity index is 1170. The summed E-state index contributed by atoms with van der Waals surface area (Å²) in [5.74, 6) is -1.94. The molecule has 0 unspecified atom stereocenters. The molecule has 1 aromatic heterocycles. The van der Waals surface area contributed by atoms with E-state index in [1.807, 2.05) is 0 Å². The second-order valence-corrected chi connectivity index (χ2v) is 8.12. The third-order valence-corrected chi connectivity index (χ3v) is 5.86. The Hall–Kier alpha value is -2.36. The molecule has 28 heavy (non-hydrogen) atoms. The summed E-state index contributed by atoms with van der Waals surface area (Å²) < 4.78 is 69.1. The second kappa shape index (κ2) is 7.23. The summed E-state index contributed by atoms with van der Waals surface area (Å²) in [6.07, 6.45) is 0. The molecule has 0 aliphatic carbocycles. The predicted octanol–water partition coefficient (Wildman–Crippen LogP) is 5.17. The van der Waals surface area contributed by atoms with Crippen molar-refractivity contribution < 1.29 is 30.9 Å². The minimum Gasteiger partial charge on any atom is -0.354 e. The number of alkyl halides is 3. The molecule has 0 atom stereocenters. The van der Waals surface area contributed by atoms with E-state index < -0.39 is 37.5 Å². The van der Waals surface area contributed by atoms with E-state index in [9.17, 15) is 26.4 Å². The Balaban J connectivity index is 2.33. The number of aromatic nitrogens is 1. The summed E-state index contributed by atoms with van der Waals surface area (Å²) in [6, 6.07) is 10.9. The SMILES string of the molecule is O=C(c1ccccc1Cl)c1noc(-c2ccccc2Cl)c1S(=O)(=O)C(F)(F)F. The fraction of sp³-hybridized carbons (Fsp3) is 0.0588. The van der Waals surface area contributed by atoms with Crippen LogP contribution in [0.15, 0.2) is 57.9 Å². The lowest BCUT2D eigenvalue weighted by Crippen LogP contribution is -2.25. The maximum atomic E-state index is 13.3. The molecular formula is C17H8Cl2F3NO4S. The molecule has 0 amide bonds. The van der Waals surface area contributed by atoms with Gasteiger partial charge in [-0.2, -0.15) is 13.2 Å². The summed E-state index contributed by atoms with van der Waals surface area (Å²) >= 11 is 11.9. The van der Waals surface area contributed by atoms with E-state index in [0.29, 0.717) is 0 Å². The molecule has 5 nitrogen and oxygen atoms in total. The van der Waals surface area contributed by atoms with Gasteiger partial charge in [0.15, 0.2) is 16.3 Å². The highest BCUT2D eigenvalue weighted by atomic mass is 35.5. The van der Waals surface area contributed by atoms with Gasteiger partial charge in [0.25, 0.3) is 9.84 Å². The maximum Gasteiger partial charge on any atom is 0.502 e. The second-order valence-electron chi connectivity index (χ2n) is 5.43. The molecule has 1 heterocycles. The molecule has 146 valence electrons. The van der Waals surface area contributed by atoms with Crippen molar-refractivity contribution >= 4 is 38.8 Å². The molecule has 11 heteroatoms. The van der Waals surface area contributed by atoms with Crippen LogP contribution >= 0.6 is 23.2 Å². The average Bonchev–Trinajstić information content (AvgIpc) is 3.06. The first-order valence-electron chi connectivity index (χ1n) is 7.41. The highest BCUT2D eigenvalue weighted by Crippen LogP contribution is 2.41. The first-order chi connectivity index (χ1) is 13.1. The quantitative estimate of drug-likeness (QED) is 0.513. The molecule has 0 spiro atoms.